The molecule has 1 heterocycles. The van der Waals surface area contributed by atoms with Crippen molar-refractivity contribution < 1.29 is 19.2 Å². The van der Waals surface area contributed by atoms with E-state index in [1.807, 2.05) is 24.3 Å². The summed E-state index contributed by atoms with van der Waals surface area (Å²) in [5.41, 5.74) is 0.819. The Kier molecular flexibility index (Phi) is 4.40. The number of carboxylic acids is 1. The molecule has 1 N–H and O–H groups in total. The van der Waals surface area contributed by atoms with Crippen LogP contribution < -0.4 is 4.74 Å². The third-order valence-corrected chi connectivity index (χ3v) is 3.17. The van der Waals surface area contributed by atoms with Gasteiger partial charge in [0.2, 0.25) is 11.7 Å². The number of benzene rings is 1. The summed E-state index contributed by atoms with van der Waals surface area (Å²) < 4.78 is 10.1. The molecule has 0 aliphatic heterocycles. The molecule has 0 radical (unpaired) electrons. The summed E-state index contributed by atoms with van der Waals surface area (Å²) >= 11 is 1.21. The number of hydrogen-bond acceptors (Lipinski definition) is 6. The Morgan fingerprint density at radius 2 is 2.16 bits per heavy atom. The number of ether oxygens (including phenoxy) is 1. The predicted octanol–water partition coefficient (Wildman–Crippen LogP) is 2.06. The Hall–Kier alpha value is -2.02. The van der Waals surface area contributed by atoms with Gasteiger partial charge >= 0.3 is 5.97 Å². The molecule has 0 aliphatic rings. The number of nitrogens with zero attached hydrogens (tertiary/aromatic N) is 2. The van der Waals surface area contributed by atoms with Crippen molar-refractivity contribution in [2.24, 2.45) is 0 Å². The van der Waals surface area contributed by atoms with Crippen LogP contribution in [0, 0.1) is 0 Å². The van der Waals surface area contributed by atoms with E-state index in [1.54, 1.807) is 7.11 Å². The maximum absolute atomic E-state index is 10.4. The second-order valence-corrected chi connectivity index (χ2v) is 4.61. The van der Waals surface area contributed by atoms with E-state index >= 15 is 0 Å². The fraction of sp³-hybridized carbons (Fsp3) is 0.250. The number of hydrogen-bond donors (Lipinski definition) is 1. The average Bonchev–Trinajstić information content (AvgIpc) is 2.87. The molecule has 0 unspecified atom stereocenters. The van der Waals surface area contributed by atoms with Crippen molar-refractivity contribution in [3.05, 3.63) is 30.2 Å². The minimum absolute atomic E-state index is 0.0141. The van der Waals surface area contributed by atoms with Gasteiger partial charge in [-0.3, -0.25) is 4.79 Å². The molecular formula is C12H12N2O4S. The summed E-state index contributed by atoms with van der Waals surface area (Å²) in [6, 6.07) is 7.28. The van der Waals surface area contributed by atoms with Gasteiger partial charge in [-0.25, -0.2) is 0 Å². The monoisotopic (exact) mass is 280 g/mol. The molecule has 100 valence electrons. The lowest BCUT2D eigenvalue weighted by atomic mass is 10.2. The van der Waals surface area contributed by atoms with Gasteiger partial charge in [0, 0.05) is 5.56 Å². The van der Waals surface area contributed by atoms with Crippen molar-refractivity contribution in [2.45, 2.75) is 5.75 Å². The van der Waals surface area contributed by atoms with E-state index in [2.05, 4.69) is 10.1 Å². The molecule has 0 spiro atoms. The van der Waals surface area contributed by atoms with Crippen molar-refractivity contribution in [3.8, 4) is 17.1 Å². The lowest BCUT2D eigenvalue weighted by Gasteiger charge is -1.98. The van der Waals surface area contributed by atoms with Crippen molar-refractivity contribution in [1.82, 2.24) is 10.1 Å². The van der Waals surface area contributed by atoms with Gasteiger partial charge < -0.3 is 14.4 Å². The third-order valence-electron chi connectivity index (χ3n) is 2.27. The van der Waals surface area contributed by atoms with Crippen LogP contribution in [-0.4, -0.2) is 34.1 Å². The number of carboxylic acid groups (broad SMARTS) is 1. The number of carbonyl (C=O) groups is 1. The Morgan fingerprint density at radius 3 is 2.79 bits per heavy atom. The molecule has 0 bridgehead atoms. The van der Waals surface area contributed by atoms with E-state index in [9.17, 15) is 4.79 Å². The van der Waals surface area contributed by atoms with Gasteiger partial charge in [-0.1, -0.05) is 5.16 Å². The quantitative estimate of drug-likeness (QED) is 0.866. The number of aliphatic carboxylic acids is 1. The standard InChI is InChI=1S/C12H12N2O4S/c1-17-9-4-2-8(3-5-9)12-13-10(18-14-12)6-19-7-11(15)16/h2-5H,6-7H2,1H3,(H,15,16). The summed E-state index contributed by atoms with van der Waals surface area (Å²) in [5.74, 6) is 1.19. The third kappa shape index (κ3) is 3.72. The molecule has 1 aromatic heterocycles. The Labute approximate surface area is 113 Å². The molecule has 6 nitrogen and oxygen atoms in total. The molecule has 0 fully saturated rings. The van der Waals surface area contributed by atoms with Crippen LogP contribution in [-0.2, 0) is 10.5 Å². The first kappa shape index (κ1) is 13.4. The molecule has 2 rings (SSSR count). The van der Waals surface area contributed by atoms with Crippen molar-refractivity contribution in [1.29, 1.82) is 0 Å². The first-order chi connectivity index (χ1) is 9.19. The summed E-state index contributed by atoms with van der Waals surface area (Å²) in [4.78, 5) is 14.6. The Bertz CT molecular complexity index is 553. The number of methoxy groups -OCH3 is 1. The van der Waals surface area contributed by atoms with E-state index in [0.29, 0.717) is 17.5 Å². The van der Waals surface area contributed by atoms with E-state index in [-0.39, 0.29) is 5.75 Å². The highest BCUT2D eigenvalue weighted by Crippen LogP contribution is 2.20. The minimum Gasteiger partial charge on any atom is -0.497 e. The lowest BCUT2D eigenvalue weighted by Crippen LogP contribution is -1.98. The SMILES string of the molecule is COc1ccc(-c2noc(CSCC(=O)O)n2)cc1. The fourth-order valence-corrected chi connectivity index (χ4v) is 1.97. The summed E-state index contributed by atoms with van der Waals surface area (Å²) in [7, 11) is 1.60. The van der Waals surface area contributed by atoms with Gasteiger partial charge in [0.05, 0.1) is 18.6 Å². The second kappa shape index (κ2) is 6.24. The highest BCUT2D eigenvalue weighted by atomic mass is 32.2. The fourth-order valence-electron chi connectivity index (χ4n) is 1.40. The topological polar surface area (TPSA) is 85.5 Å². The second-order valence-electron chi connectivity index (χ2n) is 3.63. The van der Waals surface area contributed by atoms with Crippen molar-refractivity contribution in [2.75, 3.05) is 12.9 Å². The van der Waals surface area contributed by atoms with Crippen LogP contribution in [0.25, 0.3) is 11.4 Å². The molecule has 0 saturated carbocycles. The maximum atomic E-state index is 10.4. The number of aromatic nitrogens is 2. The van der Waals surface area contributed by atoms with Crippen LogP contribution in [0.1, 0.15) is 5.89 Å². The number of thioether (sulfide) groups is 1. The van der Waals surface area contributed by atoms with Gasteiger partial charge in [0.15, 0.2) is 0 Å². The lowest BCUT2D eigenvalue weighted by molar-refractivity contribution is -0.133. The van der Waals surface area contributed by atoms with Gasteiger partial charge in [0.25, 0.3) is 0 Å². The molecule has 2 aromatic rings. The molecule has 1 aromatic carbocycles. The van der Waals surface area contributed by atoms with Gasteiger partial charge in [-0.2, -0.15) is 4.98 Å². The average molecular weight is 280 g/mol. The smallest absolute Gasteiger partial charge is 0.313 e. The normalized spacial score (nSPS) is 10.4. The molecule has 0 atom stereocenters. The summed E-state index contributed by atoms with van der Waals surface area (Å²) in [6.07, 6.45) is 0. The maximum Gasteiger partial charge on any atom is 0.313 e. The predicted molar refractivity (Wildman–Crippen MR) is 70.1 cm³/mol. The zero-order chi connectivity index (χ0) is 13.7. The van der Waals surface area contributed by atoms with Crippen molar-refractivity contribution >= 4 is 17.7 Å². The molecule has 7 heteroatoms. The van der Waals surface area contributed by atoms with Crippen LogP contribution in [0.2, 0.25) is 0 Å². The van der Waals surface area contributed by atoms with E-state index < -0.39 is 5.97 Å². The highest BCUT2D eigenvalue weighted by molar-refractivity contribution is 7.99. The summed E-state index contributed by atoms with van der Waals surface area (Å²) in [6.45, 7) is 0. The van der Waals surface area contributed by atoms with E-state index in [0.717, 1.165) is 11.3 Å². The largest absolute Gasteiger partial charge is 0.497 e. The van der Waals surface area contributed by atoms with E-state index in [1.165, 1.54) is 11.8 Å². The van der Waals surface area contributed by atoms with Crippen LogP contribution in [0.15, 0.2) is 28.8 Å². The van der Waals surface area contributed by atoms with Crippen LogP contribution in [0.3, 0.4) is 0 Å². The minimum atomic E-state index is -0.861. The zero-order valence-electron chi connectivity index (χ0n) is 10.2. The summed E-state index contributed by atoms with van der Waals surface area (Å²) in [5, 5.41) is 12.4. The number of rotatable bonds is 6. The zero-order valence-corrected chi connectivity index (χ0v) is 11.0. The molecule has 0 amide bonds. The Morgan fingerprint density at radius 1 is 1.42 bits per heavy atom. The highest BCUT2D eigenvalue weighted by Gasteiger charge is 2.09. The first-order valence-corrected chi connectivity index (χ1v) is 6.61. The van der Waals surface area contributed by atoms with Crippen LogP contribution in [0.5, 0.6) is 5.75 Å². The van der Waals surface area contributed by atoms with E-state index in [4.69, 9.17) is 14.4 Å². The van der Waals surface area contributed by atoms with Crippen molar-refractivity contribution in [3.63, 3.8) is 0 Å². The molecule has 0 saturated heterocycles. The first-order valence-electron chi connectivity index (χ1n) is 5.45. The Balaban J connectivity index is 2.01. The van der Waals surface area contributed by atoms with Gasteiger partial charge in [-0.15, -0.1) is 11.8 Å². The van der Waals surface area contributed by atoms with Crippen LogP contribution >= 0.6 is 11.8 Å². The molecule has 0 aliphatic carbocycles. The van der Waals surface area contributed by atoms with Gasteiger partial charge in [0.1, 0.15) is 5.75 Å². The molecular weight excluding hydrogens is 268 g/mol. The molecule has 19 heavy (non-hydrogen) atoms. The van der Waals surface area contributed by atoms with Crippen LogP contribution in [0.4, 0.5) is 0 Å². The van der Waals surface area contributed by atoms with Gasteiger partial charge in [-0.05, 0) is 24.3 Å².